The van der Waals surface area contributed by atoms with Crippen LogP contribution in [0, 0.1) is 10.1 Å². The van der Waals surface area contributed by atoms with Gasteiger partial charge in [-0.25, -0.2) is 0 Å². The lowest BCUT2D eigenvalue weighted by Gasteiger charge is -2.31. The van der Waals surface area contributed by atoms with Crippen LogP contribution in [-0.2, 0) is 0 Å². The molecule has 0 aliphatic heterocycles. The number of carbonyl (C=O) groups excluding carboxylic acids is 2. The first-order chi connectivity index (χ1) is 13.5. The van der Waals surface area contributed by atoms with Crippen LogP contribution >= 0.6 is 0 Å². The first kappa shape index (κ1) is 19.5. The van der Waals surface area contributed by atoms with E-state index in [0.29, 0.717) is 11.3 Å². The minimum atomic E-state index is -0.517. The number of para-hydroxylation sites is 1. The van der Waals surface area contributed by atoms with Gasteiger partial charge in [0.25, 0.3) is 17.5 Å². The monoisotopic (exact) mass is 381 g/mol. The molecule has 0 atom stereocenters. The number of nitro benzene ring substituents is 1. The first-order valence-electron chi connectivity index (χ1n) is 9.39. The maximum Gasteiger partial charge on any atom is 0.269 e. The lowest BCUT2D eigenvalue weighted by molar-refractivity contribution is -0.384. The molecule has 0 radical (unpaired) electrons. The predicted molar refractivity (Wildman–Crippen MR) is 106 cm³/mol. The predicted octanol–water partition coefficient (Wildman–Crippen LogP) is 4.25. The van der Waals surface area contributed by atoms with Crippen molar-refractivity contribution in [1.82, 2.24) is 4.90 Å². The number of carbonyl (C=O) groups is 2. The molecule has 1 aliphatic carbocycles. The number of hydrogen-bond donors (Lipinski definition) is 1. The fraction of sp³-hybridized carbons (Fsp3) is 0.333. The van der Waals surface area contributed by atoms with E-state index in [9.17, 15) is 19.7 Å². The Morgan fingerprint density at radius 3 is 2.32 bits per heavy atom. The second-order valence-electron chi connectivity index (χ2n) is 7.01. The highest BCUT2D eigenvalue weighted by molar-refractivity contribution is 6.09. The van der Waals surface area contributed by atoms with Crippen molar-refractivity contribution in [3.05, 3.63) is 69.8 Å². The van der Waals surface area contributed by atoms with Crippen LogP contribution in [0.2, 0.25) is 0 Å². The second-order valence-corrected chi connectivity index (χ2v) is 7.01. The molecule has 1 N–H and O–H groups in total. The van der Waals surface area contributed by atoms with Crippen molar-refractivity contribution in [2.45, 2.75) is 38.1 Å². The van der Waals surface area contributed by atoms with Crippen LogP contribution in [0.4, 0.5) is 11.4 Å². The van der Waals surface area contributed by atoms with Crippen LogP contribution in [0.5, 0.6) is 0 Å². The van der Waals surface area contributed by atoms with Gasteiger partial charge in [0.05, 0.1) is 16.2 Å². The van der Waals surface area contributed by atoms with Gasteiger partial charge in [0.1, 0.15) is 0 Å². The molecule has 0 unspecified atom stereocenters. The van der Waals surface area contributed by atoms with Crippen molar-refractivity contribution >= 4 is 23.2 Å². The molecule has 28 heavy (non-hydrogen) atoms. The quantitative estimate of drug-likeness (QED) is 0.619. The number of benzene rings is 2. The lowest BCUT2D eigenvalue weighted by Crippen LogP contribution is -2.38. The number of anilines is 1. The summed E-state index contributed by atoms with van der Waals surface area (Å²) < 4.78 is 0. The molecule has 2 aromatic rings. The van der Waals surface area contributed by atoms with E-state index in [0.717, 1.165) is 25.7 Å². The molecule has 0 spiro atoms. The van der Waals surface area contributed by atoms with Crippen LogP contribution in [0.3, 0.4) is 0 Å². The van der Waals surface area contributed by atoms with Crippen molar-refractivity contribution in [1.29, 1.82) is 0 Å². The summed E-state index contributed by atoms with van der Waals surface area (Å²) in [6.45, 7) is 0. The fourth-order valence-electron chi connectivity index (χ4n) is 3.53. The summed E-state index contributed by atoms with van der Waals surface area (Å²) in [4.78, 5) is 37.5. The van der Waals surface area contributed by atoms with E-state index < -0.39 is 10.8 Å². The van der Waals surface area contributed by atoms with Crippen molar-refractivity contribution in [2.75, 3.05) is 12.4 Å². The van der Waals surface area contributed by atoms with E-state index in [1.807, 2.05) is 7.05 Å². The van der Waals surface area contributed by atoms with Gasteiger partial charge in [-0.1, -0.05) is 31.4 Å². The van der Waals surface area contributed by atoms with E-state index in [1.54, 1.807) is 29.2 Å². The summed E-state index contributed by atoms with van der Waals surface area (Å²) in [5, 5.41) is 13.5. The lowest BCUT2D eigenvalue weighted by atomic mass is 9.94. The van der Waals surface area contributed by atoms with Gasteiger partial charge in [0.15, 0.2) is 0 Å². The highest BCUT2D eigenvalue weighted by Crippen LogP contribution is 2.25. The highest BCUT2D eigenvalue weighted by atomic mass is 16.6. The summed E-state index contributed by atoms with van der Waals surface area (Å²) in [5.74, 6) is -0.540. The Morgan fingerprint density at radius 2 is 1.68 bits per heavy atom. The zero-order chi connectivity index (χ0) is 20.1. The Kier molecular flexibility index (Phi) is 6.03. The van der Waals surface area contributed by atoms with Gasteiger partial charge in [-0.15, -0.1) is 0 Å². The molecule has 146 valence electrons. The van der Waals surface area contributed by atoms with Gasteiger partial charge in [-0.05, 0) is 37.1 Å². The third-order valence-electron chi connectivity index (χ3n) is 5.19. The molecular formula is C21H23N3O4. The summed E-state index contributed by atoms with van der Waals surface area (Å²) in [6.07, 6.45) is 5.46. The van der Waals surface area contributed by atoms with Crippen molar-refractivity contribution in [2.24, 2.45) is 0 Å². The van der Waals surface area contributed by atoms with E-state index >= 15 is 0 Å². The molecule has 0 aromatic heterocycles. The molecule has 0 bridgehead atoms. The number of hydrogen-bond acceptors (Lipinski definition) is 4. The molecule has 1 fully saturated rings. The molecule has 2 amide bonds. The Hall–Kier alpha value is -3.22. The molecule has 3 rings (SSSR count). The molecule has 0 saturated heterocycles. The number of non-ortho nitro benzene ring substituents is 1. The summed E-state index contributed by atoms with van der Waals surface area (Å²) >= 11 is 0. The second kappa shape index (κ2) is 8.65. The number of nitro groups is 1. The van der Waals surface area contributed by atoms with E-state index in [1.165, 1.54) is 30.7 Å². The normalized spacial score (nSPS) is 14.3. The van der Waals surface area contributed by atoms with Gasteiger partial charge in [-0.2, -0.15) is 0 Å². The van der Waals surface area contributed by atoms with E-state index in [2.05, 4.69) is 5.32 Å². The van der Waals surface area contributed by atoms with Crippen LogP contribution in [-0.4, -0.2) is 34.7 Å². The van der Waals surface area contributed by atoms with Crippen molar-refractivity contribution < 1.29 is 14.5 Å². The molecule has 7 nitrogen and oxygen atoms in total. The Balaban J connectivity index is 1.76. The van der Waals surface area contributed by atoms with Crippen LogP contribution < -0.4 is 5.32 Å². The zero-order valence-electron chi connectivity index (χ0n) is 15.8. The van der Waals surface area contributed by atoms with Crippen molar-refractivity contribution in [3.63, 3.8) is 0 Å². The van der Waals surface area contributed by atoms with Gasteiger partial charge >= 0.3 is 0 Å². The molecule has 2 aromatic carbocycles. The maximum absolute atomic E-state index is 13.0. The first-order valence-corrected chi connectivity index (χ1v) is 9.39. The third kappa shape index (κ3) is 4.36. The molecule has 0 heterocycles. The summed E-state index contributed by atoms with van der Waals surface area (Å²) in [5.41, 5.74) is 1.07. The number of rotatable bonds is 5. The highest BCUT2D eigenvalue weighted by Gasteiger charge is 2.25. The summed E-state index contributed by atoms with van der Waals surface area (Å²) in [7, 11) is 1.81. The van der Waals surface area contributed by atoms with Gasteiger partial charge in [0, 0.05) is 30.8 Å². The average Bonchev–Trinajstić information content (AvgIpc) is 2.73. The topological polar surface area (TPSA) is 92.6 Å². The standard InChI is InChI=1S/C21H23N3O4/c1-23(16-7-3-2-4-8-16)21(26)18-9-5-6-10-19(18)22-20(25)15-11-13-17(14-12-15)24(27)28/h5-6,9-14,16H,2-4,7-8H2,1H3,(H,22,25). The number of amides is 2. The van der Waals surface area contributed by atoms with Crippen LogP contribution in [0.25, 0.3) is 0 Å². The molecule has 1 aliphatic rings. The van der Waals surface area contributed by atoms with Gasteiger partial charge < -0.3 is 10.2 Å². The molecular weight excluding hydrogens is 358 g/mol. The Bertz CT molecular complexity index is 873. The summed E-state index contributed by atoms with van der Waals surface area (Å²) in [6, 6.07) is 12.5. The van der Waals surface area contributed by atoms with Gasteiger partial charge in [-0.3, -0.25) is 19.7 Å². The minimum absolute atomic E-state index is 0.0822. The Labute approximate surface area is 163 Å². The average molecular weight is 381 g/mol. The third-order valence-corrected chi connectivity index (χ3v) is 5.19. The zero-order valence-corrected chi connectivity index (χ0v) is 15.8. The van der Waals surface area contributed by atoms with Crippen molar-refractivity contribution in [3.8, 4) is 0 Å². The van der Waals surface area contributed by atoms with Crippen LogP contribution in [0.1, 0.15) is 52.8 Å². The SMILES string of the molecule is CN(C(=O)c1ccccc1NC(=O)c1ccc([N+](=O)[O-])cc1)C1CCCCC1. The maximum atomic E-state index is 13.0. The number of nitrogens with zero attached hydrogens (tertiary/aromatic N) is 2. The minimum Gasteiger partial charge on any atom is -0.339 e. The largest absolute Gasteiger partial charge is 0.339 e. The van der Waals surface area contributed by atoms with Crippen LogP contribution in [0.15, 0.2) is 48.5 Å². The number of nitrogens with one attached hydrogen (secondary N) is 1. The van der Waals surface area contributed by atoms with Gasteiger partial charge in [0.2, 0.25) is 0 Å². The molecule has 1 saturated carbocycles. The smallest absolute Gasteiger partial charge is 0.269 e. The molecule has 7 heteroatoms. The van der Waals surface area contributed by atoms with E-state index in [4.69, 9.17) is 0 Å². The fourth-order valence-corrected chi connectivity index (χ4v) is 3.53. The Morgan fingerprint density at radius 1 is 1.04 bits per heavy atom. The van der Waals surface area contributed by atoms with E-state index in [-0.39, 0.29) is 23.2 Å².